The summed E-state index contributed by atoms with van der Waals surface area (Å²) in [7, 11) is -1.00. The molecule has 2 aromatic carbocycles. The van der Waals surface area contributed by atoms with Crippen molar-refractivity contribution in [3.05, 3.63) is 64.8 Å². The molecular weight excluding hydrogens is 368 g/mol. The molecule has 0 atom stereocenters. The van der Waals surface area contributed by atoms with Crippen molar-refractivity contribution in [1.29, 1.82) is 0 Å². The van der Waals surface area contributed by atoms with Gasteiger partial charge in [0.15, 0.2) is 9.84 Å². The second-order valence-electron chi connectivity index (χ2n) is 7.91. The van der Waals surface area contributed by atoms with Crippen LogP contribution < -0.4 is 0 Å². The van der Waals surface area contributed by atoms with Gasteiger partial charge >= 0.3 is 0 Å². The van der Waals surface area contributed by atoms with Crippen molar-refractivity contribution in [2.45, 2.75) is 31.7 Å². The first kappa shape index (κ1) is 19.0. The fourth-order valence-corrected chi connectivity index (χ4v) is 4.65. The standard InChI is InChI=1S/C23H26N2O2S/c1-16-5-10-22-20(13-16)21-15-24(3)12-11-23(21)25(22)14-17(2)18-6-8-19(9-7-18)28(4,26)27/h5-10,13-14H,11-12,15H2,1-4H3/b17-14-. The van der Waals surface area contributed by atoms with Crippen LogP contribution in [0.5, 0.6) is 0 Å². The number of nitrogens with zero attached hydrogens (tertiary/aromatic N) is 2. The van der Waals surface area contributed by atoms with Crippen LogP contribution in [0.2, 0.25) is 0 Å². The Morgan fingerprint density at radius 3 is 2.50 bits per heavy atom. The van der Waals surface area contributed by atoms with Crippen LogP contribution in [0, 0.1) is 6.92 Å². The van der Waals surface area contributed by atoms with Gasteiger partial charge in [-0.2, -0.15) is 0 Å². The Hall–Kier alpha value is -2.37. The molecule has 1 aliphatic heterocycles. The molecule has 0 N–H and O–H groups in total. The molecule has 0 aliphatic carbocycles. The third-order valence-corrected chi connectivity index (χ3v) is 6.72. The smallest absolute Gasteiger partial charge is 0.175 e. The van der Waals surface area contributed by atoms with E-state index in [-0.39, 0.29) is 0 Å². The minimum Gasteiger partial charge on any atom is -0.320 e. The molecular formula is C23H26N2O2S. The summed E-state index contributed by atoms with van der Waals surface area (Å²) in [6, 6.07) is 13.8. The second-order valence-corrected chi connectivity index (χ2v) is 9.93. The Kier molecular flexibility index (Phi) is 4.68. The van der Waals surface area contributed by atoms with Gasteiger partial charge in [0, 0.05) is 43.0 Å². The molecule has 0 spiro atoms. The SMILES string of the molecule is C/C(=C/n1c2c(c3cc(C)ccc31)CN(C)CC2)c1ccc(S(C)(=O)=O)cc1. The van der Waals surface area contributed by atoms with Crippen molar-refractivity contribution < 1.29 is 8.42 Å². The fraction of sp³-hybridized carbons (Fsp3) is 0.304. The molecule has 28 heavy (non-hydrogen) atoms. The fourth-order valence-electron chi connectivity index (χ4n) is 4.02. The number of hydrogen-bond donors (Lipinski definition) is 0. The molecule has 0 unspecified atom stereocenters. The first-order chi connectivity index (χ1) is 13.2. The van der Waals surface area contributed by atoms with E-state index < -0.39 is 9.84 Å². The normalized spacial score (nSPS) is 15.8. The number of fused-ring (bicyclic) bond motifs is 3. The van der Waals surface area contributed by atoms with Gasteiger partial charge in [0.2, 0.25) is 0 Å². The number of allylic oxidation sites excluding steroid dienone is 1. The molecule has 1 aromatic heterocycles. The van der Waals surface area contributed by atoms with E-state index in [1.54, 1.807) is 12.1 Å². The molecule has 3 aromatic rings. The van der Waals surface area contributed by atoms with Crippen molar-refractivity contribution in [3.8, 4) is 0 Å². The van der Waals surface area contributed by atoms with Gasteiger partial charge in [0.05, 0.1) is 10.4 Å². The zero-order chi connectivity index (χ0) is 20.1. The monoisotopic (exact) mass is 394 g/mol. The lowest BCUT2D eigenvalue weighted by molar-refractivity contribution is 0.312. The number of sulfone groups is 1. The van der Waals surface area contributed by atoms with E-state index in [2.05, 4.69) is 54.8 Å². The molecule has 146 valence electrons. The van der Waals surface area contributed by atoms with Crippen LogP contribution >= 0.6 is 0 Å². The molecule has 5 heteroatoms. The third kappa shape index (κ3) is 3.40. The quantitative estimate of drug-likeness (QED) is 0.663. The van der Waals surface area contributed by atoms with E-state index in [1.807, 2.05) is 12.1 Å². The Bertz CT molecular complexity index is 1190. The van der Waals surface area contributed by atoms with Gasteiger partial charge in [0.25, 0.3) is 0 Å². The lowest BCUT2D eigenvalue weighted by atomic mass is 10.0. The minimum absolute atomic E-state index is 0.353. The van der Waals surface area contributed by atoms with Crippen LogP contribution in [-0.2, 0) is 22.8 Å². The maximum absolute atomic E-state index is 11.7. The van der Waals surface area contributed by atoms with Crippen LogP contribution in [0.15, 0.2) is 47.4 Å². The Balaban J connectivity index is 1.83. The van der Waals surface area contributed by atoms with Crippen LogP contribution in [0.1, 0.15) is 29.3 Å². The highest BCUT2D eigenvalue weighted by Crippen LogP contribution is 2.32. The average Bonchev–Trinajstić information content (AvgIpc) is 2.93. The number of aryl methyl sites for hydroxylation is 1. The van der Waals surface area contributed by atoms with Gasteiger partial charge in [-0.15, -0.1) is 0 Å². The van der Waals surface area contributed by atoms with Crippen LogP contribution in [0.4, 0.5) is 0 Å². The number of likely N-dealkylation sites (N-methyl/N-ethyl adjacent to an activating group) is 1. The summed E-state index contributed by atoms with van der Waals surface area (Å²) in [5.41, 5.74) is 7.45. The van der Waals surface area contributed by atoms with Crippen LogP contribution in [0.3, 0.4) is 0 Å². The summed E-state index contributed by atoms with van der Waals surface area (Å²) >= 11 is 0. The van der Waals surface area contributed by atoms with Gasteiger partial charge < -0.3 is 9.47 Å². The topological polar surface area (TPSA) is 42.3 Å². The Labute approximate surface area is 167 Å². The van der Waals surface area contributed by atoms with Crippen LogP contribution in [-0.4, -0.2) is 37.7 Å². The van der Waals surface area contributed by atoms with Crippen molar-refractivity contribution in [2.75, 3.05) is 19.8 Å². The Morgan fingerprint density at radius 1 is 1.11 bits per heavy atom. The van der Waals surface area contributed by atoms with Crippen molar-refractivity contribution in [1.82, 2.24) is 9.47 Å². The third-order valence-electron chi connectivity index (χ3n) is 5.59. The number of benzene rings is 2. The number of aromatic nitrogens is 1. The molecule has 4 nitrogen and oxygen atoms in total. The molecule has 4 rings (SSSR count). The minimum atomic E-state index is -3.17. The van der Waals surface area contributed by atoms with E-state index in [4.69, 9.17) is 0 Å². The summed E-state index contributed by atoms with van der Waals surface area (Å²) in [6.45, 7) is 6.24. The molecule has 0 amide bonds. The molecule has 0 radical (unpaired) electrons. The first-order valence-electron chi connectivity index (χ1n) is 9.54. The average molecular weight is 395 g/mol. The van der Waals surface area contributed by atoms with E-state index in [9.17, 15) is 8.42 Å². The molecule has 2 heterocycles. The lowest BCUT2D eigenvalue weighted by Crippen LogP contribution is -2.26. The largest absolute Gasteiger partial charge is 0.320 e. The van der Waals surface area contributed by atoms with Crippen molar-refractivity contribution in [2.24, 2.45) is 0 Å². The zero-order valence-electron chi connectivity index (χ0n) is 16.9. The maximum atomic E-state index is 11.7. The predicted octanol–water partition coefficient (Wildman–Crippen LogP) is 4.36. The van der Waals surface area contributed by atoms with Gasteiger partial charge in [-0.1, -0.05) is 23.8 Å². The first-order valence-corrected chi connectivity index (χ1v) is 11.4. The number of rotatable bonds is 3. The van der Waals surface area contributed by atoms with Gasteiger partial charge in [-0.25, -0.2) is 8.42 Å². The summed E-state index contributed by atoms with van der Waals surface area (Å²) in [4.78, 5) is 2.72. The Morgan fingerprint density at radius 2 is 1.82 bits per heavy atom. The van der Waals surface area contributed by atoms with Crippen molar-refractivity contribution in [3.63, 3.8) is 0 Å². The van der Waals surface area contributed by atoms with Crippen LogP contribution in [0.25, 0.3) is 22.7 Å². The predicted molar refractivity (Wildman–Crippen MR) is 116 cm³/mol. The van der Waals surface area contributed by atoms with E-state index in [0.29, 0.717) is 4.90 Å². The summed E-state index contributed by atoms with van der Waals surface area (Å²) in [5, 5.41) is 1.33. The highest BCUT2D eigenvalue weighted by Gasteiger charge is 2.21. The molecule has 0 fully saturated rings. The highest BCUT2D eigenvalue weighted by atomic mass is 32.2. The summed E-state index contributed by atoms with van der Waals surface area (Å²) < 4.78 is 25.7. The van der Waals surface area contributed by atoms with E-state index in [1.165, 1.54) is 34.0 Å². The van der Waals surface area contributed by atoms with Gasteiger partial charge in [-0.3, -0.25) is 0 Å². The summed E-state index contributed by atoms with van der Waals surface area (Å²) in [5.74, 6) is 0. The zero-order valence-corrected chi connectivity index (χ0v) is 17.7. The summed E-state index contributed by atoms with van der Waals surface area (Å²) in [6.07, 6.45) is 4.45. The molecule has 0 bridgehead atoms. The second kappa shape index (κ2) is 6.90. The molecule has 0 saturated carbocycles. The molecule has 1 aliphatic rings. The lowest BCUT2D eigenvalue weighted by Gasteiger charge is -2.23. The van der Waals surface area contributed by atoms with Gasteiger partial charge in [0.1, 0.15) is 0 Å². The number of hydrogen-bond acceptors (Lipinski definition) is 3. The molecule has 0 saturated heterocycles. The maximum Gasteiger partial charge on any atom is 0.175 e. The van der Waals surface area contributed by atoms with Gasteiger partial charge in [-0.05, 0) is 61.9 Å². The van der Waals surface area contributed by atoms with Crippen molar-refractivity contribution >= 4 is 32.5 Å². The van der Waals surface area contributed by atoms with E-state index in [0.717, 1.165) is 30.6 Å². The van der Waals surface area contributed by atoms with E-state index >= 15 is 0 Å². The highest BCUT2D eigenvalue weighted by molar-refractivity contribution is 7.90.